The van der Waals surface area contributed by atoms with Crippen LogP contribution in [0.25, 0.3) is 0 Å². The predicted octanol–water partition coefficient (Wildman–Crippen LogP) is 1.98. The second kappa shape index (κ2) is 7.03. The number of hydrogen-bond donors (Lipinski definition) is 2. The highest BCUT2D eigenvalue weighted by Crippen LogP contribution is 2.16. The minimum absolute atomic E-state index is 0.263. The summed E-state index contributed by atoms with van der Waals surface area (Å²) in [5.74, 6) is -0.630. The van der Waals surface area contributed by atoms with Gasteiger partial charge in [-0.25, -0.2) is 4.39 Å². The lowest BCUT2D eigenvalue weighted by molar-refractivity contribution is -0.385. The van der Waals surface area contributed by atoms with Gasteiger partial charge in [-0.05, 0) is 18.1 Å². The molecule has 6 heteroatoms. The molecule has 0 aliphatic rings. The Morgan fingerprint density at radius 1 is 1.50 bits per heavy atom. The molecule has 0 saturated carbocycles. The fourth-order valence-corrected chi connectivity index (χ4v) is 1.66. The standard InChI is InChI=1S/C12H17FN2O3/c1-2-3-12(16)8-14-7-9-4-10(13)6-11(5-9)15(17)18/h4-6,12,14,16H,2-3,7-8H2,1H3. The van der Waals surface area contributed by atoms with E-state index in [2.05, 4.69) is 5.32 Å². The van der Waals surface area contributed by atoms with Gasteiger partial charge in [0.15, 0.2) is 0 Å². The molecule has 0 amide bonds. The van der Waals surface area contributed by atoms with E-state index in [1.807, 2.05) is 6.92 Å². The van der Waals surface area contributed by atoms with E-state index in [0.29, 0.717) is 25.1 Å². The second-order valence-corrected chi connectivity index (χ2v) is 4.15. The molecule has 18 heavy (non-hydrogen) atoms. The molecule has 0 spiro atoms. The number of hydrogen-bond acceptors (Lipinski definition) is 4. The Bertz CT molecular complexity index is 412. The molecule has 0 aromatic heterocycles. The Hall–Kier alpha value is -1.53. The van der Waals surface area contributed by atoms with E-state index >= 15 is 0 Å². The lowest BCUT2D eigenvalue weighted by Crippen LogP contribution is -2.26. The molecule has 0 fully saturated rings. The maximum atomic E-state index is 13.1. The van der Waals surface area contributed by atoms with Gasteiger partial charge in [-0.1, -0.05) is 13.3 Å². The number of halogens is 1. The molecular weight excluding hydrogens is 239 g/mol. The van der Waals surface area contributed by atoms with E-state index in [0.717, 1.165) is 12.5 Å². The summed E-state index contributed by atoms with van der Waals surface area (Å²) in [5.41, 5.74) is 0.228. The van der Waals surface area contributed by atoms with Crippen LogP contribution >= 0.6 is 0 Å². The minimum atomic E-state index is -0.630. The first-order valence-electron chi connectivity index (χ1n) is 5.85. The van der Waals surface area contributed by atoms with Gasteiger partial charge in [-0.15, -0.1) is 0 Å². The molecule has 1 unspecified atom stereocenters. The SMILES string of the molecule is CCCC(O)CNCc1cc(F)cc([N+](=O)[O-])c1. The summed E-state index contributed by atoms with van der Waals surface area (Å²) in [4.78, 5) is 9.92. The minimum Gasteiger partial charge on any atom is -0.392 e. The van der Waals surface area contributed by atoms with Crippen molar-refractivity contribution in [2.24, 2.45) is 0 Å². The van der Waals surface area contributed by atoms with Gasteiger partial charge >= 0.3 is 0 Å². The highest BCUT2D eigenvalue weighted by molar-refractivity contribution is 5.35. The van der Waals surface area contributed by atoms with Crippen LogP contribution in [-0.2, 0) is 6.54 Å². The lowest BCUT2D eigenvalue weighted by atomic mass is 10.1. The monoisotopic (exact) mass is 256 g/mol. The van der Waals surface area contributed by atoms with Gasteiger partial charge in [0, 0.05) is 19.2 Å². The van der Waals surface area contributed by atoms with Gasteiger partial charge < -0.3 is 10.4 Å². The topological polar surface area (TPSA) is 75.4 Å². The molecule has 1 rings (SSSR count). The molecule has 5 nitrogen and oxygen atoms in total. The lowest BCUT2D eigenvalue weighted by Gasteiger charge is -2.10. The predicted molar refractivity (Wildman–Crippen MR) is 65.7 cm³/mol. The van der Waals surface area contributed by atoms with Crippen LogP contribution < -0.4 is 5.32 Å². The third-order valence-electron chi connectivity index (χ3n) is 2.48. The molecule has 1 aromatic carbocycles. The van der Waals surface area contributed by atoms with Gasteiger partial charge in [-0.3, -0.25) is 10.1 Å². The van der Waals surface area contributed by atoms with Crippen LogP contribution in [0.1, 0.15) is 25.3 Å². The molecule has 1 aromatic rings. The van der Waals surface area contributed by atoms with Gasteiger partial charge in [0.2, 0.25) is 0 Å². The van der Waals surface area contributed by atoms with Gasteiger partial charge in [0.25, 0.3) is 5.69 Å². The first-order chi connectivity index (χ1) is 8.52. The number of benzene rings is 1. The largest absolute Gasteiger partial charge is 0.392 e. The number of aliphatic hydroxyl groups is 1. The highest BCUT2D eigenvalue weighted by Gasteiger charge is 2.10. The average Bonchev–Trinajstić information content (AvgIpc) is 2.28. The Kier molecular flexibility index (Phi) is 5.67. The number of non-ortho nitro benzene ring substituents is 1. The molecule has 0 heterocycles. The number of rotatable bonds is 7. The van der Waals surface area contributed by atoms with Gasteiger partial charge in [0.05, 0.1) is 17.1 Å². The summed E-state index contributed by atoms with van der Waals surface area (Å²) in [6.07, 6.45) is 1.13. The van der Waals surface area contributed by atoms with Crippen molar-refractivity contribution in [2.45, 2.75) is 32.4 Å². The zero-order valence-electron chi connectivity index (χ0n) is 10.2. The summed E-state index contributed by atoms with van der Waals surface area (Å²) >= 11 is 0. The third-order valence-corrected chi connectivity index (χ3v) is 2.48. The van der Waals surface area contributed by atoms with E-state index in [9.17, 15) is 19.6 Å². The molecule has 0 aliphatic heterocycles. The van der Waals surface area contributed by atoms with Crippen molar-refractivity contribution in [3.8, 4) is 0 Å². The van der Waals surface area contributed by atoms with E-state index in [1.165, 1.54) is 12.1 Å². The number of nitro benzene ring substituents is 1. The molecular formula is C12H17FN2O3. The van der Waals surface area contributed by atoms with Crippen molar-refractivity contribution in [2.75, 3.05) is 6.54 Å². The van der Waals surface area contributed by atoms with E-state index < -0.39 is 16.8 Å². The molecule has 0 bridgehead atoms. The highest BCUT2D eigenvalue weighted by atomic mass is 19.1. The summed E-state index contributed by atoms with van der Waals surface area (Å²) < 4.78 is 13.1. The molecule has 0 radical (unpaired) electrons. The third kappa shape index (κ3) is 4.77. The summed E-state index contributed by atoms with van der Waals surface area (Å²) in [5, 5.41) is 23.0. The fraction of sp³-hybridized carbons (Fsp3) is 0.500. The maximum absolute atomic E-state index is 13.1. The van der Waals surface area contributed by atoms with Crippen molar-refractivity contribution in [3.05, 3.63) is 39.7 Å². The number of nitro groups is 1. The zero-order chi connectivity index (χ0) is 13.5. The quantitative estimate of drug-likeness (QED) is 0.578. The number of nitrogens with zero attached hydrogens (tertiary/aromatic N) is 1. The van der Waals surface area contributed by atoms with Crippen molar-refractivity contribution < 1.29 is 14.4 Å². The first-order valence-corrected chi connectivity index (χ1v) is 5.85. The summed E-state index contributed by atoms with van der Waals surface area (Å²) in [6, 6.07) is 3.45. The maximum Gasteiger partial charge on any atom is 0.272 e. The molecule has 0 saturated heterocycles. The van der Waals surface area contributed by atoms with Crippen LogP contribution in [0.5, 0.6) is 0 Å². The van der Waals surface area contributed by atoms with Crippen molar-refractivity contribution >= 4 is 5.69 Å². The van der Waals surface area contributed by atoms with Crippen LogP contribution in [0.15, 0.2) is 18.2 Å². The smallest absolute Gasteiger partial charge is 0.272 e. The molecule has 2 N–H and O–H groups in total. The number of aliphatic hydroxyl groups excluding tert-OH is 1. The normalized spacial score (nSPS) is 12.4. The van der Waals surface area contributed by atoms with E-state index in [1.54, 1.807) is 0 Å². The Labute approximate surface area is 105 Å². The number of nitrogens with one attached hydrogen (secondary N) is 1. The molecule has 1 atom stereocenters. The van der Waals surface area contributed by atoms with Gasteiger partial charge in [0.1, 0.15) is 5.82 Å². The first kappa shape index (κ1) is 14.5. The van der Waals surface area contributed by atoms with Crippen molar-refractivity contribution in [1.29, 1.82) is 0 Å². The molecule has 0 aliphatic carbocycles. The van der Waals surface area contributed by atoms with Crippen LogP contribution in [0.2, 0.25) is 0 Å². The van der Waals surface area contributed by atoms with Gasteiger partial charge in [-0.2, -0.15) is 0 Å². The van der Waals surface area contributed by atoms with E-state index in [4.69, 9.17) is 0 Å². The summed E-state index contributed by atoms with van der Waals surface area (Å²) in [7, 11) is 0. The second-order valence-electron chi connectivity index (χ2n) is 4.15. The van der Waals surface area contributed by atoms with Crippen molar-refractivity contribution in [3.63, 3.8) is 0 Å². The summed E-state index contributed by atoms with van der Waals surface area (Å²) in [6.45, 7) is 2.65. The van der Waals surface area contributed by atoms with Crippen LogP contribution in [0.4, 0.5) is 10.1 Å². The Morgan fingerprint density at radius 3 is 2.83 bits per heavy atom. The molecule has 100 valence electrons. The van der Waals surface area contributed by atoms with Crippen LogP contribution in [-0.4, -0.2) is 22.7 Å². The van der Waals surface area contributed by atoms with Crippen LogP contribution in [0, 0.1) is 15.9 Å². The van der Waals surface area contributed by atoms with Crippen LogP contribution in [0.3, 0.4) is 0 Å². The fourth-order valence-electron chi connectivity index (χ4n) is 1.66. The van der Waals surface area contributed by atoms with E-state index in [-0.39, 0.29) is 5.69 Å². The van der Waals surface area contributed by atoms with Crippen molar-refractivity contribution in [1.82, 2.24) is 5.32 Å². The average molecular weight is 256 g/mol. The zero-order valence-corrected chi connectivity index (χ0v) is 10.2. The Balaban J connectivity index is 2.54. The Morgan fingerprint density at radius 2 is 2.22 bits per heavy atom.